The van der Waals surface area contributed by atoms with Gasteiger partial charge < -0.3 is 4.98 Å². The van der Waals surface area contributed by atoms with Crippen molar-refractivity contribution in [3.8, 4) is 22.6 Å². The van der Waals surface area contributed by atoms with Crippen LogP contribution in [0.25, 0.3) is 22.6 Å². The molecule has 0 unspecified atom stereocenters. The van der Waals surface area contributed by atoms with Crippen LogP contribution >= 0.6 is 12.2 Å². The van der Waals surface area contributed by atoms with Gasteiger partial charge in [0.15, 0.2) is 0 Å². The predicted molar refractivity (Wildman–Crippen MR) is 81.8 cm³/mol. The zero-order chi connectivity index (χ0) is 14.1. The van der Waals surface area contributed by atoms with Crippen molar-refractivity contribution < 1.29 is 0 Å². The highest BCUT2D eigenvalue weighted by atomic mass is 32.1. The smallest absolute Gasteiger partial charge is 0.139 e. The van der Waals surface area contributed by atoms with Gasteiger partial charge in [-0.15, -0.1) is 0 Å². The van der Waals surface area contributed by atoms with E-state index in [-0.39, 0.29) is 0 Å². The third-order valence-electron chi connectivity index (χ3n) is 3.16. The second-order valence-electron chi connectivity index (χ2n) is 4.70. The maximum absolute atomic E-state index is 5.28. The van der Waals surface area contributed by atoms with Crippen LogP contribution in [-0.4, -0.2) is 19.7 Å². The fourth-order valence-corrected chi connectivity index (χ4v) is 2.35. The first kappa shape index (κ1) is 12.7. The van der Waals surface area contributed by atoms with E-state index in [0.717, 1.165) is 28.2 Å². The van der Waals surface area contributed by atoms with E-state index in [4.69, 9.17) is 12.2 Å². The van der Waals surface area contributed by atoms with Crippen LogP contribution in [0.3, 0.4) is 0 Å². The van der Waals surface area contributed by atoms with Gasteiger partial charge in [0.1, 0.15) is 10.5 Å². The Bertz CT molecular complexity index is 816. The quantitative estimate of drug-likeness (QED) is 0.732. The molecule has 2 aromatic heterocycles. The van der Waals surface area contributed by atoms with Gasteiger partial charge in [-0.3, -0.25) is 4.68 Å². The minimum Gasteiger partial charge on any atom is -0.339 e. The molecule has 0 saturated carbocycles. The zero-order valence-corrected chi connectivity index (χ0v) is 12.1. The molecule has 0 bridgehead atoms. The van der Waals surface area contributed by atoms with E-state index >= 15 is 0 Å². The molecule has 0 aliphatic heterocycles. The molecule has 0 fully saturated rings. The highest BCUT2D eigenvalue weighted by Crippen LogP contribution is 2.23. The number of aromatic nitrogens is 4. The van der Waals surface area contributed by atoms with E-state index in [0.29, 0.717) is 4.64 Å². The van der Waals surface area contributed by atoms with Crippen LogP contribution in [0.15, 0.2) is 42.7 Å². The standard InChI is InChI=1S/C15H14N4S/c1-10-5-3-4-6-12(10)15-17-13(7-14(20)18-15)11-8-16-19(2)9-11/h3-9H,1-2H3,(H,17,18,20). The Morgan fingerprint density at radius 2 is 2.05 bits per heavy atom. The highest BCUT2D eigenvalue weighted by molar-refractivity contribution is 7.71. The van der Waals surface area contributed by atoms with Crippen LogP contribution < -0.4 is 0 Å². The van der Waals surface area contributed by atoms with E-state index in [1.54, 1.807) is 4.68 Å². The summed E-state index contributed by atoms with van der Waals surface area (Å²) in [5.41, 5.74) is 4.14. The maximum Gasteiger partial charge on any atom is 0.139 e. The number of nitrogens with zero attached hydrogens (tertiary/aromatic N) is 3. The first-order valence-corrected chi connectivity index (χ1v) is 6.71. The molecule has 0 amide bonds. The summed E-state index contributed by atoms with van der Waals surface area (Å²) >= 11 is 5.28. The summed E-state index contributed by atoms with van der Waals surface area (Å²) in [6, 6.07) is 9.96. The van der Waals surface area contributed by atoms with Crippen molar-refractivity contribution in [3.05, 3.63) is 52.9 Å². The molecular formula is C15H14N4S. The van der Waals surface area contributed by atoms with Gasteiger partial charge in [0.05, 0.1) is 11.9 Å². The minimum absolute atomic E-state index is 0.570. The number of hydrogen-bond acceptors (Lipinski definition) is 3. The topological polar surface area (TPSA) is 46.5 Å². The zero-order valence-electron chi connectivity index (χ0n) is 11.3. The minimum atomic E-state index is 0.570. The lowest BCUT2D eigenvalue weighted by molar-refractivity contribution is 0.768. The molecule has 0 aliphatic carbocycles. The molecule has 20 heavy (non-hydrogen) atoms. The lowest BCUT2D eigenvalue weighted by Gasteiger charge is -2.07. The summed E-state index contributed by atoms with van der Waals surface area (Å²) in [4.78, 5) is 7.77. The second kappa shape index (κ2) is 5.02. The molecule has 0 spiro atoms. The Kier molecular flexibility index (Phi) is 3.20. The predicted octanol–water partition coefficient (Wildman–Crippen LogP) is 3.52. The SMILES string of the molecule is Cc1ccccc1-c1nc(=S)cc(-c2cnn(C)c2)[nH]1. The van der Waals surface area contributed by atoms with E-state index in [1.165, 1.54) is 0 Å². The summed E-state index contributed by atoms with van der Waals surface area (Å²) in [6.07, 6.45) is 3.75. The summed E-state index contributed by atoms with van der Waals surface area (Å²) in [6.45, 7) is 2.06. The van der Waals surface area contributed by atoms with Gasteiger partial charge in [-0.1, -0.05) is 36.5 Å². The van der Waals surface area contributed by atoms with Crippen LogP contribution in [0.4, 0.5) is 0 Å². The molecule has 2 heterocycles. The molecule has 100 valence electrons. The van der Waals surface area contributed by atoms with E-state index in [1.807, 2.05) is 43.7 Å². The Morgan fingerprint density at radius 1 is 1.25 bits per heavy atom. The number of aromatic amines is 1. The van der Waals surface area contributed by atoms with Crippen molar-refractivity contribution in [1.29, 1.82) is 0 Å². The third-order valence-corrected chi connectivity index (χ3v) is 3.37. The summed E-state index contributed by atoms with van der Waals surface area (Å²) in [5, 5.41) is 4.18. The lowest BCUT2D eigenvalue weighted by Crippen LogP contribution is -1.94. The summed E-state index contributed by atoms with van der Waals surface area (Å²) < 4.78 is 2.33. The second-order valence-corrected chi connectivity index (χ2v) is 5.12. The largest absolute Gasteiger partial charge is 0.339 e. The molecule has 3 aromatic rings. The Labute approximate surface area is 122 Å². The summed E-state index contributed by atoms with van der Waals surface area (Å²) in [7, 11) is 1.89. The number of benzene rings is 1. The molecule has 3 rings (SSSR count). The van der Waals surface area contributed by atoms with Crippen LogP contribution in [0.2, 0.25) is 0 Å². The van der Waals surface area contributed by atoms with Crippen molar-refractivity contribution in [2.45, 2.75) is 6.92 Å². The van der Waals surface area contributed by atoms with Crippen LogP contribution in [0.5, 0.6) is 0 Å². The van der Waals surface area contributed by atoms with Crippen LogP contribution in [0.1, 0.15) is 5.56 Å². The van der Waals surface area contributed by atoms with Crippen molar-refractivity contribution >= 4 is 12.2 Å². The third kappa shape index (κ3) is 2.40. The van der Waals surface area contributed by atoms with Crippen LogP contribution in [0, 0.1) is 11.6 Å². The number of aryl methyl sites for hydroxylation is 2. The maximum atomic E-state index is 5.28. The van der Waals surface area contributed by atoms with Crippen molar-refractivity contribution in [2.75, 3.05) is 0 Å². The fourth-order valence-electron chi connectivity index (χ4n) is 2.14. The van der Waals surface area contributed by atoms with Crippen LogP contribution in [-0.2, 0) is 7.05 Å². The van der Waals surface area contributed by atoms with Gasteiger partial charge in [-0.05, 0) is 18.6 Å². The Morgan fingerprint density at radius 3 is 2.75 bits per heavy atom. The first-order chi connectivity index (χ1) is 9.63. The van der Waals surface area contributed by atoms with Gasteiger partial charge in [-0.2, -0.15) is 5.10 Å². The molecule has 0 atom stereocenters. The molecule has 4 nitrogen and oxygen atoms in total. The fraction of sp³-hybridized carbons (Fsp3) is 0.133. The molecule has 5 heteroatoms. The number of nitrogens with one attached hydrogen (secondary N) is 1. The van der Waals surface area contributed by atoms with E-state index in [9.17, 15) is 0 Å². The van der Waals surface area contributed by atoms with Crippen molar-refractivity contribution in [2.24, 2.45) is 7.05 Å². The molecule has 1 aromatic carbocycles. The average molecular weight is 282 g/mol. The van der Waals surface area contributed by atoms with Crippen molar-refractivity contribution in [3.63, 3.8) is 0 Å². The number of hydrogen-bond donors (Lipinski definition) is 1. The molecule has 1 N–H and O–H groups in total. The van der Waals surface area contributed by atoms with Gasteiger partial charge in [0.25, 0.3) is 0 Å². The molecular weight excluding hydrogens is 268 g/mol. The normalized spacial score (nSPS) is 10.7. The van der Waals surface area contributed by atoms with Gasteiger partial charge in [0, 0.05) is 24.4 Å². The van der Waals surface area contributed by atoms with Gasteiger partial charge in [0.2, 0.25) is 0 Å². The summed E-state index contributed by atoms with van der Waals surface area (Å²) in [5.74, 6) is 0.787. The van der Waals surface area contributed by atoms with Crippen molar-refractivity contribution in [1.82, 2.24) is 19.7 Å². The Hall–Kier alpha value is -2.27. The first-order valence-electron chi connectivity index (χ1n) is 6.30. The lowest BCUT2D eigenvalue weighted by atomic mass is 10.1. The van der Waals surface area contributed by atoms with E-state index < -0.39 is 0 Å². The van der Waals surface area contributed by atoms with E-state index in [2.05, 4.69) is 28.1 Å². The van der Waals surface area contributed by atoms with Gasteiger partial charge in [-0.25, -0.2) is 4.98 Å². The molecule has 0 aliphatic rings. The highest BCUT2D eigenvalue weighted by Gasteiger charge is 2.07. The monoisotopic (exact) mass is 282 g/mol. The Balaban J connectivity index is 2.17. The molecule has 0 radical (unpaired) electrons. The van der Waals surface area contributed by atoms with Gasteiger partial charge >= 0.3 is 0 Å². The number of H-pyrrole nitrogens is 1. The number of rotatable bonds is 2. The molecule has 0 saturated heterocycles. The average Bonchev–Trinajstić information content (AvgIpc) is 2.85.